The van der Waals surface area contributed by atoms with E-state index in [-0.39, 0.29) is 16.7 Å². The van der Waals surface area contributed by atoms with Crippen LogP contribution in [0, 0.1) is 0 Å². The molecule has 0 amide bonds. The molecule has 0 fully saturated rings. The van der Waals surface area contributed by atoms with Crippen LogP contribution in [0.25, 0.3) is 66.1 Å². The average molecular weight is 860 g/mol. The van der Waals surface area contributed by atoms with Crippen LogP contribution in [-0.4, -0.2) is 0 Å². The number of hydrogen-bond donors (Lipinski definition) is 0. The van der Waals surface area contributed by atoms with E-state index < -0.39 is 0 Å². The predicted octanol–water partition coefficient (Wildman–Crippen LogP) is 18.1. The Morgan fingerprint density at radius 2 is 0.970 bits per heavy atom. The van der Waals surface area contributed by atoms with Crippen molar-refractivity contribution in [1.82, 2.24) is 0 Å². The summed E-state index contributed by atoms with van der Waals surface area (Å²) in [5.41, 5.74) is 23.8. The second-order valence-corrected chi connectivity index (χ2v) is 19.8. The number of fused-ring (bicyclic) bond motifs is 10. The second kappa shape index (κ2) is 15.0. The largest absolute Gasteiger partial charge is 0.309 e. The van der Waals surface area contributed by atoms with Gasteiger partial charge in [0.15, 0.2) is 0 Å². The Morgan fingerprint density at radius 1 is 0.373 bits per heavy atom. The van der Waals surface area contributed by atoms with Crippen LogP contribution in [0.3, 0.4) is 0 Å². The van der Waals surface area contributed by atoms with Crippen molar-refractivity contribution < 1.29 is 0 Å². The van der Waals surface area contributed by atoms with E-state index in [1.807, 2.05) is 0 Å². The van der Waals surface area contributed by atoms with Crippen molar-refractivity contribution in [2.45, 2.75) is 63.7 Å². The van der Waals surface area contributed by atoms with Crippen LogP contribution in [0.2, 0.25) is 0 Å². The highest BCUT2D eigenvalue weighted by atomic mass is 15.2. The highest BCUT2D eigenvalue weighted by Crippen LogP contribution is 2.59. The lowest BCUT2D eigenvalue weighted by Gasteiger charge is -2.44. The van der Waals surface area contributed by atoms with Crippen LogP contribution in [-0.2, 0) is 10.8 Å². The fourth-order valence-corrected chi connectivity index (χ4v) is 12.8. The van der Waals surface area contributed by atoms with Crippen molar-refractivity contribution in [1.29, 1.82) is 0 Å². The van der Waals surface area contributed by atoms with Gasteiger partial charge in [-0.25, -0.2) is 0 Å². The van der Waals surface area contributed by atoms with Crippen LogP contribution >= 0.6 is 0 Å². The molecule has 2 aliphatic carbocycles. The number of hydrogen-bond acceptors (Lipinski definition) is 1. The molecule has 0 radical (unpaired) electrons. The summed E-state index contributed by atoms with van der Waals surface area (Å²) in [7, 11) is 0. The molecule has 1 heteroatoms. The molecule has 0 N–H and O–H groups in total. The van der Waals surface area contributed by atoms with Crippen molar-refractivity contribution in [2.75, 3.05) is 4.90 Å². The standard InChI is InChI=1S/C66H53N/c1-5-36-66(4)57-28-15-14-26-50(57)55-40-54-53-37-45(30-33-52(53)64(56(54)41-58(55)66)51-27-16-22-43-20-10-12-24-48(43)51)47-32-35-63-60(39-47)65(3,6-2)59-38-46(42-18-8-7-9-19-42)31-34-62(59)67(63)61-29-17-23-44-21-11-13-25-49(44)61/h7-35,37-41,64H,5-6,36H2,1-4H3. The van der Waals surface area contributed by atoms with Gasteiger partial charge < -0.3 is 4.90 Å². The van der Waals surface area contributed by atoms with E-state index in [0.29, 0.717) is 0 Å². The summed E-state index contributed by atoms with van der Waals surface area (Å²) in [6.45, 7) is 9.66. The van der Waals surface area contributed by atoms with Gasteiger partial charge in [0.1, 0.15) is 0 Å². The zero-order valence-electron chi connectivity index (χ0n) is 38.8. The smallest absolute Gasteiger partial charge is 0.0540 e. The zero-order chi connectivity index (χ0) is 45.0. The van der Waals surface area contributed by atoms with Crippen molar-refractivity contribution in [3.63, 3.8) is 0 Å². The molecule has 0 aromatic heterocycles. The van der Waals surface area contributed by atoms with Gasteiger partial charge in [0.25, 0.3) is 0 Å². The molecule has 0 spiro atoms. The fraction of sp³-hybridized carbons (Fsp3) is 0.152. The summed E-state index contributed by atoms with van der Waals surface area (Å²) in [5.74, 6) is 0.126. The second-order valence-electron chi connectivity index (χ2n) is 19.8. The minimum atomic E-state index is -0.242. The molecule has 0 saturated carbocycles. The molecule has 3 atom stereocenters. The van der Waals surface area contributed by atoms with Crippen molar-refractivity contribution in [3.05, 3.63) is 245 Å². The Bertz CT molecular complexity index is 3620. The number of anilines is 3. The van der Waals surface area contributed by atoms with Gasteiger partial charge in [-0.1, -0.05) is 198 Å². The molecule has 10 aromatic rings. The van der Waals surface area contributed by atoms with E-state index in [9.17, 15) is 0 Å². The maximum atomic E-state index is 2.63. The van der Waals surface area contributed by atoms with E-state index in [4.69, 9.17) is 0 Å². The topological polar surface area (TPSA) is 3.24 Å². The third kappa shape index (κ3) is 5.80. The first kappa shape index (κ1) is 39.8. The molecule has 3 unspecified atom stereocenters. The molecule has 10 aromatic carbocycles. The van der Waals surface area contributed by atoms with E-state index in [2.05, 4.69) is 239 Å². The molecule has 3 aliphatic rings. The Balaban J connectivity index is 1.02. The molecule has 1 nitrogen and oxygen atoms in total. The third-order valence-electron chi connectivity index (χ3n) is 16.3. The third-order valence-corrected chi connectivity index (χ3v) is 16.3. The summed E-state index contributed by atoms with van der Waals surface area (Å²) in [5, 5.41) is 5.12. The lowest BCUT2D eigenvalue weighted by Crippen LogP contribution is -2.32. The van der Waals surface area contributed by atoms with Gasteiger partial charge in [0.2, 0.25) is 0 Å². The molecule has 0 bridgehead atoms. The first-order valence-corrected chi connectivity index (χ1v) is 24.4. The van der Waals surface area contributed by atoms with Gasteiger partial charge in [-0.05, 0) is 155 Å². The maximum absolute atomic E-state index is 2.63. The predicted molar refractivity (Wildman–Crippen MR) is 283 cm³/mol. The summed E-state index contributed by atoms with van der Waals surface area (Å²) < 4.78 is 0. The Kier molecular flexibility index (Phi) is 8.94. The maximum Gasteiger partial charge on any atom is 0.0540 e. The first-order valence-electron chi connectivity index (χ1n) is 24.4. The normalized spacial score (nSPS) is 18.6. The van der Waals surface area contributed by atoms with Gasteiger partial charge in [-0.3, -0.25) is 0 Å². The van der Waals surface area contributed by atoms with Crippen LogP contribution < -0.4 is 4.90 Å². The number of nitrogens with zero attached hydrogens (tertiary/aromatic N) is 1. The van der Waals surface area contributed by atoms with Gasteiger partial charge in [-0.2, -0.15) is 0 Å². The molecule has 322 valence electrons. The van der Waals surface area contributed by atoms with Gasteiger partial charge in [0.05, 0.1) is 17.1 Å². The number of rotatable bonds is 7. The van der Waals surface area contributed by atoms with Crippen LogP contribution in [0.5, 0.6) is 0 Å². The number of benzene rings is 10. The molecule has 1 aliphatic heterocycles. The molecule has 1 heterocycles. The van der Waals surface area contributed by atoms with Crippen molar-refractivity contribution >= 4 is 38.6 Å². The van der Waals surface area contributed by atoms with E-state index >= 15 is 0 Å². The summed E-state index contributed by atoms with van der Waals surface area (Å²) in [6.07, 6.45) is 3.22. The van der Waals surface area contributed by atoms with Gasteiger partial charge in [-0.15, -0.1) is 0 Å². The van der Waals surface area contributed by atoms with Gasteiger partial charge >= 0.3 is 0 Å². The highest BCUT2D eigenvalue weighted by molar-refractivity contribution is 6.02. The molecule has 67 heavy (non-hydrogen) atoms. The highest BCUT2D eigenvalue weighted by Gasteiger charge is 2.43. The Hall–Kier alpha value is -7.48. The first-order chi connectivity index (χ1) is 32.9. The lowest BCUT2D eigenvalue weighted by atomic mass is 9.69. The Labute approximate surface area is 395 Å². The SMILES string of the molecule is CCCC1(C)c2ccccc2-c2cc3c(cc21)C(c1cccc2ccccc12)c1ccc(-c2ccc4c(c2)C(C)(CC)c2cc(-c5ccccc5)ccc2N4c2cccc4ccccc24)cc1-3. The fourth-order valence-electron chi connectivity index (χ4n) is 12.8. The minimum absolute atomic E-state index is 0.0333. The van der Waals surface area contributed by atoms with Crippen LogP contribution in [0.15, 0.2) is 206 Å². The van der Waals surface area contributed by atoms with E-state index in [1.165, 1.54) is 122 Å². The van der Waals surface area contributed by atoms with E-state index in [1.54, 1.807) is 0 Å². The zero-order valence-corrected chi connectivity index (χ0v) is 38.8. The molecule has 0 saturated heterocycles. The summed E-state index contributed by atoms with van der Waals surface area (Å²) in [4.78, 5) is 2.54. The van der Waals surface area contributed by atoms with Crippen molar-refractivity contribution in [2.24, 2.45) is 0 Å². The monoisotopic (exact) mass is 859 g/mol. The summed E-state index contributed by atoms with van der Waals surface area (Å²) >= 11 is 0. The van der Waals surface area contributed by atoms with Crippen LogP contribution in [0.4, 0.5) is 17.1 Å². The van der Waals surface area contributed by atoms with E-state index in [0.717, 1.165) is 19.3 Å². The van der Waals surface area contributed by atoms with Crippen LogP contribution in [0.1, 0.15) is 91.8 Å². The average Bonchev–Trinajstić information content (AvgIpc) is 3.83. The summed E-state index contributed by atoms with van der Waals surface area (Å²) in [6, 6.07) is 78.5. The molecular weight excluding hydrogens is 807 g/mol. The van der Waals surface area contributed by atoms with Crippen molar-refractivity contribution in [3.8, 4) is 44.5 Å². The molecular formula is C66H53N. The Morgan fingerprint density at radius 3 is 1.72 bits per heavy atom. The van der Waals surface area contributed by atoms with Gasteiger partial charge in [0, 0.05) is 22.1 Å². The molecule has 13 rings (SSSR count). The lowest BCUT2D eigenvalue weighted by molar-refractivity contribution is 0.523. The minimum Gasteiger partial charge on any atom is -0.309 e. The quantitative estimate of drug-likeness (QED) is 0.154.